The van der Waals surface area contributed by atoms with E-state index in [1.54, 1.807) is 36.1 Å². The molecule has 0 saturated carbocycles. The Morgan fingerprint density at radius 2 is 2.03 bits per heavy atom. The smallest absolute Gasteiger partial charge is 0.267 e. The quantitative estimate of drug-likeness (QED) is 0.395. The van der Waals surface area contributed by atoms with Gasteiger partial charge >= 0.3 is 0 Å². The second-order valence-corrected chi connectivity index (χ2v) is 7.30. The lowest BCUT2D eigenvalue weighted by atomic mass is 10.1. The minimum Gasteiger partial charge on any atom is -0.383 e. The van der Waals surface area contributed by atoms with Crippen molar-refractivity contribution >= 4 is 22.6 Å². The SMILES string of the molecule is CCCCCCCNC(=O)c1cc2c(=O)n3ccccc3nc2n(CCOC)c1=N. The van der Waals surface area contributed by atoms with Gasteiger partial charge in [-0.1, -0.05) is 38.7 Å². The molecule has 0 fully saturated rings. The summed E-state index contributed by atoms with van der Waals surface area (Å²) in [5.41, 5.74) is 0.793. The van der Waals surface area contributed by atoms with Crippen LogP contribution < -0.4 is 16.4 Å². The number of nitrogens with one attached hydrogen (secondary N) is 2. The Bertz CT molecular complexity index is 1150. The topological polar surface area (TPSA) is 101 Å². The van der Waals surface area contributed by atoms with Crippen molar-refractivity contribution < 1.29 is 9.53 Å². The van der Waals surface area contributed by atoms with E-state index in [1.165, 1.54) is 23.3 Å². The number of fused-ring (bicyclic) bond motifs is 2. The highest BCUT2D eigenvalue weighted by Crippen LogP contribution is 2.10. The summed E-state index contributed by atoms with van der Waals surface area (Å²) >= 11 is 0. The van der Waals surface area contributed by atoms with E-state index in [-0.39, 0.29) is 22.5 Å². The van der Waals surface area contributed by atoms with Crippen LogP contribution in [-0.4, -0.2) is 40.1 Å². The number of pyridine rings is 2. The standard InChI is InChI=1S/C22H29N5O3/c1-3-4-5-6-8-11-24-21(28)16-15-17-20(27(19(16)23)13-14-30-2)25-18-10-7-9-12-26(18)22(17)29/h7,9-10,12,15,23H,3-6,8,11,13-14H2,1-2H3,(H,24,28). The fourth-order valence-electron chi connectivity index (χ4n) is 3.49. The number of unbranched alkanes of at least 4 members (excludes halogenated alkanes) is 4. The predicted octanol–water partition coefficient (Wildman–Crippen LogP) is 2.48. The van der Waals surface area contributed by atoms with Gasteiger partial charge in [0.25, 0.3) is 11.5 Å². The molecule has 3 heterocycles. The zero-order valence-electron chi connectivity index (χ0n) is 17.6. The summed E-state index contributed by atoms with van der Waals surface area (Å²) in [5, 5.41) is 11.8. The van der Waals surface area contributed by atoms with Crippen molar-refractivity contribution in [2.75, 3.05) is 20.3 Å². The van der Waals surface area contributed by atoms with Crippen LogP contribution in [-0.2, 0) is 11.3 Å². The van der Waals surface area contributed by atoms with Crippen LogP contribution in [0, 0.1) is 5.41 Å². The summed E-state index contributed by atoms with van der Waals surface area (Å²) in [4.78, 5) is 30.4. The number of ether oxygens (including phenoxy) is 1. The molecule has 8 heteroatoms. The zero-order valence-corrected chi connectivity index (χ0v) is 17.6. The van der Waals surface area contributed by atoms with Crippen LogP contribution in [0.25, 0.3) is 16.7 Å². The third-order valence-corrected chi connectivity index (χ3v) is 5.15. The summed E-state index contributed by atoms with van der Waals surface area (Å²) in [7, 11) is 1.57. The van der Waals surface area contributed by atoms with Gasteiger partial charge in [-0.2, -0.15) is 0 Å². The summed E-state index contributed by atoms with van der Waals surface area (Å²) in [6.07, 6.45) is 7.12. The first-order valence-corrected chi connectivity index (χ1v) is 10.4. The Morgan fingerprint density at radius 1 is 1.23 bits per heavy atom. The summed E-state index contributed by atoms with van der Waals surface area (Å²) < 4.78 is 8.18. The third-order valence-electron chi connectivity index (χ3n) is 5.15. The van der Waals surface area contributed by atoms with Crippen LogP contribution >= 0.6 is 0 Å². The van der Waals surface area contributed by atoms with Crippen molar-refractivity contribution in [1.82, 2.24) is 19.3 Å². The molecular formula is C22H29N5O3. The minimum atomic E-state index is -0.346. The Hall–Kier alpha value is -3.00. The van der Waals surface area contributed by atoms with E-state index in [2.05, 4.69) is 17.2 Å². The maximum absolute atomic E-state index is 13.0. The van der Waals surface area contributed by atoms with Crippen molar-refractivity contribution in [1.29, 1.82) is 5.41 Å². The van der Waals surface area contributed by atoms with Crippen molar-refractivity contribution in [3.8, 4) is 0 Å². The molecule has 3 aromatic rings. The molecule has 1 amide bonds. The van der Waals surface area contributed by atoms with E-state index in [9.17, 15) is 9.59 Å². The molecular weight excluding hydrogens is 382 g/mol. The molecule has 0 saturated heterocycles. The molecule has 160 valence electrons. The molecule has 30 heavy (non-hydrogen) atoms. The predicted molar refractivity (Wildman–Crippen MR) is 116 cm³/mol. The molecule has 3 aromatic heterocycles. The molecule has 0 radical (unpaired) electrons. The highest BCUT2D eigenvalue weighted by Gasteiger charge is 2.17. The molecule has 0 unspecified atom stereocenters. The summed E-state index contributed by atoms with van der Waals surface area (Å²) in [6, 6.07) is 6.79. The first-order chi connectivity index (χ1) is 14.6. The number of hydrogen-bond acceptors (Lipinski definition) is 5. The van der Waals surface area contributed by atoms with Gasteiger partial charge in [-0.25, -0.2) is 4.98 Å². The highest BCUT2D eigenvalue weighted by molar-refractivity contribution is 5.96. The van der Waals surface area contributed by atoms with Gasteiger partial charge in [0.15, 0.2) is 0 Å². The average Bonchev–Trinajstić information content (AvgIpc) is 2.75. The van der Waals surface area contributed by atoms with E-state index >= 15 is 0 Å². The molecule has 8 nitrogen and oxygen atoms in total. The van der Waals surface area contributed by atoms with Gasteiger partial charge in [0.1, 0.15) is 16.8 Å². The largest absolute Gasteiger partial charge is 0.383 e. The highest BCUT2D eigenvalue weighted by atomic mass is 16.5. The molecule has 0 aliphatic carbocycles. The zero-order chi connectivity index (χ0) is 21.5. The lowest BCUT2D eigenvalue weighted by Gasteiger charge is -2.14. The van der Waals surface area contributed by atoms with Crippen LogP contribution in [0.15, 0.2) is 35.3 Å². The van der Waals surface area contributed by atoms with Crippen molar-refractivity contribution in [3.63, 3.8) is 0 Å². The number of nitrogens with zero attached hydrogens (tertiary/aromatic N) is 3. The van der Waals surface area contributed by atoms with E-state index in [0.29, 0.717) is 36.4 Å². The van der Waals surface area contributed by atoms with E-state index < -0.39 is 0 Å². The molecule has 0 atom stereocenters. The molecule has 0 spiro atoms. The average molecular weight is 412 g/mol. The van der Waals surface area contributed by atoms with Gasteiger partial charge in [0.2, 0.25) is 0 Å². The number of aromatic nitrogens is 3. The number of carbonyl (C=O) groups excluding carboxylic acids is 1. The van der Waals surface area contributed by atoms with Crippen molar-refractivity contribution in [2.45, 2.75) is 45.6 Å². The Labute approximate surface area is 175 Å². The monoisotopic (exact) mass is 411 g/mol. The first kappa shape index (κ1) is 21.7. The molecule has 0 aliphatic rings. The Morgan fingerprint density at radius 3 is 2.80 bits per heavy atom. The van der Waals surface area contributed by atoms with Crippen molar-refractivity contribution in [3.05, 3.63) is 51.9 Å². The van der Waals surface area contributed by atoms with Gasteiger partial charge in [0.05, 0.1) is 17.6 Å². The third kappa shape index (κ3) is 4.59. The number of methoxy groups -OCH3 is 1. The fraction of sp³-hybridized carbons (Fsp3) is 0.455. The minimum absolute atomic E-state index is 0.0233. The second-order valence-electron chi connectivity index (χ2n) is 7.30. The van der Waals surface area contributed by atoms with Crippen LogP contribution in [0.1, 0.15) is 49.4 Å². The maximum atomic E-state index is 13.0. The van der Waals surface area contributed by atoms with E-state index in [1.807, 2.05) is 0 Å². The maximum Gasteiger partial charge on any atom is 0.267 e. The summed E-state index contributed by atoms with van der Waals surface area (Å²) in [6.45, 7) is 3.37. The van der Waals surface area contributed by atoms with E-state index in [4.69, 9.17) is 10.1 Å². The van der Waals surface area contributed by atoms with Gasteiger partial charge in [-0.05, 0) is 24.6 Å². The Balaban J connectivity index is 2.00. The molecule has 0 bridgehead atoms. The molecule has 2 N–H and O–H groups in total. The van der Waals surface area contributed by atoms with Crippen LogP contribution in [0.5, 0.6) is 0 Å². The van der Waals surface area contributed by atoms with Gasteiger partial charge in [-0.3, -0.25) is 19.4 Å². The van der Waals surface area contributed by atoms with Gasteiger partial charge in [-0.15, -0.1) is 0 Å². The van der Waals surface area contributed by atoms with E-state index in [0.717, 1.165) is 19.3 Å². The van der Waals surface area contributed by atoms with Crippen LogP contribution in [0.2, 0.25) is 0 Å². The number of amides is 1. The first-order valence-electron chi connectivity index (χ1n) is 10.4. The molecule has 3 rings (SSSR count). The van der Waals surface area contributed by atoms with Gasteiger partial charge < -0.3 is 14.6 Å². The van der Waals surface area contributed by atoms with Gasteiger partial charge in [0, 0.05) is 26.4 Å². The number of hydrogen-bond donors (Lipinski definition) is 2. The van der Waals surface area contributed by atoms with Crippen molar-refractivity contribution in [2.24, 2.45) is 0 Å². The van der Waals surface area contributed by atoms with Crippen LogP contribution in [0.3, 0.4) is 0 Å². The second kappa shape index (κ2) is 10.2. The Kier molecular flexibility index (Phi) is 7.35. The fourth-order valence-corrected chi connectivity index (χ4v) is 3.49. The molecule has 0 aliphatic heterocycles. The van der Waals surface area contributed by atoms with Crippen LogP contribution in [0.4, 0.5) is 0 Å². The number of carbonyl (C=O) groups is 1. The summed E-state index contributed by atoms with van der Waals surface area (Å²) in [5.74, 6) is -0.346. The lowest BCUT2D eigenvalue weighted by Crippen LogP contribution is -2.35. The normalized spacial score (nSPS) is 11.3. The lowest BCUT2D eigenvalue weighted by molar-refractivity contribution is 0.0950. The molecule has 0 aromatic carbocycles. The number of rotatable bonds is 10.